The first-order valence-corrected chi connectivity index (χ1v) is 17.3. The number of benzene rings is 2. The third kappa shape index (κ3) is 4.27. The largest absolute Gasteiger partial charge is 0.387 e. The minimum Gasteiger partial charge on any atom is -0.387 e. The molecule has 242 valence electrons. The Bertz CT molecular complexity index is 2060. The average Bonchev–Trinajstić information content (AvgIpc) is 3.68. The topological polar surface area (TPSA) is 94.2 Å². The second-order valence-corrected chi connectivity index (χ2v) is 15.0. The fourth-order valence-corrected chi connectivity index (χ4v) is 9.25. The van der Waals surface area contributed by atoms with E-state index in [1.54, 1.807) is 25.1 Å². The lowest BCUT2D eigenvalue weighted by Crippen LogP contribution is -2.43. The number of alkyl halides is 1. The zero-order valence-electron chi connectivity index (χ0n) is 25.7. The van der Waals surface area contributed by atoms with Gasteiger partial charge in [0.2, 0.25) is 0 Å². The number of pyridine rings is 1. The Morgan fingerprint density at radius 2 is 2.02 bits per heavy atom. The maximum Gasteiger partial charge on any atom is 0.261 e. The number of carbonyl (C=O) groups excluding carboxylic acids is 1. The Labute approximate surface area is 280 Å². The van der Waals surface area contributed by atoms with Crippen LogP contribution in [0.3, 0.4) is 0 Å². The maximum absolute atomic E-state index is 17.1. The van der Waals surface area contributed by atoms with Crippen LogP contribution in [0.25, 0.3) is 32.9 Å². The second-order valence-electron chi connectivity index (χ2n) is 14.2. The van der Waals surface area contributed by atoms with Gasteiger partial charge in [-0.05, 0) is 81.0 Å². The van der Waals surface area contributed by atoms with Gasteiger partial charge < -0.3 is 19.9 Å². The molecule has 3 aliphatic heterocycles. The van der Waals surface area contributed by atoms with Crippen LogP contribution in [-0.2, 0) is 11.2 Å². The molecule has 0 spiro atoms. The summed E-state index contributed by atoms with van der Waals surface area (Å²) in [6, 6.07) is 11.1. The van der Waals surface area contributed by atoms with Crippen LogP contribution >= 0.6 is 23.2 Å². The Hall–Kier alpha value is -3.29. The van der Waals surface area contributed by atoms with Crippen molar-refractivity contribution in [1.82, 2.24) is 19.8 Å². The van der Waals surface area contributed by atoms with E-state index in [1.807, 2.05) is 17.0 Å². The fourth-order valence-electron chi connectivity index (χ4n) is 8.86. The molecule has 2 N–H and O–H groups in total. The molecule has 2 aromatic heterocycles. The van der Waals surface area contributed by atoms with Crippen LogP contribution in [0.1, 0.15) is 80.6 Å². The van der Waals surface area contributed by atoms with Crippen LogP contribution in [0.4, 0.5) is 8.78 Å². The number of fused-ring (bicyclic) bond motifs is 5. The van der Waals surface area contributed by atoms with Gasteiger partial charge in [-0.1, -0.05) is 35.3 Å². The molecule has 7 atom stereocenters. The first-order chi connectivity index (χ1) is 22.6. The molecule has 10 rings (SSSR count). The predicted octanol–water partition coefficient (Wildman–Crippen LogP) is 7.51. The second kappa shape index (κ2) is 10.4. The van der Waals surface area contributed by atoms with Crippen LogP contribution in [0, 0.1) is 29.0 Å². The number of likely N-dealkylation sites (tertiary alicyclic amines) is 1. The molecule has 7 nitrogen and oxygen atoms in total. The van der Waals surface area contributed by atoms with Gasteiger partial charge in [0.05, 0.1) is 45.5 Å². The highest BCUT2D eigenvalue weighted by Crippen LogP contribution is 2.59. The van der Waals surface area contributed by atoms with Gasteiger partial charge in [0, 0.05) is 52.6 Å². The van der Waals surface area contributed by atoms with E-state index in [2.05, 4.69) is 16.0 Å². The molecule has 3 saturated heterocycles. The molecule has 2 bridgehead atoms. The van der Waals surface area contributed by atoms with E-state index in [0.29, 0.717) is 39.4 Å². The van der Waals surface area contributed by atoms with E-state index in [-0.39, 0.29) is 71.0 Å². The number of hydrogen-bond donors (Lipinski definition) is 2. The number of halogens is 4. The number of nitriles is 1. The summed E-state index contributed by atoms with van der Waals surface area (Å²) in [7, 11) is 0. The molecular formula is C36H33Cl2F2N5O2. The van der Waals surface area contributed by atoms with E-state index >= 15 is 8.78 Å². The molecule has 11 heteroatoms. The fraction of sp³-hybridized carbons (Fsp3) is 0.472. The van der Waals surface area contributed by atoms with Crippen molar-refractivity contribution in [2.75, 3.05) is 6.54 Å². The smallest absolute Gasteiger partial charge is 0.261 e. The lowest BCUT2D eigenvalue weighted by molar-refractivity contribution is -0.140. The number of aliphatic hydroxyl groups excluding tert-OH is 1. The van der Waals surface area contributed by atoms with Gasteiger partial charge in [-0.3, -0.25) is 4.79 Å². The number of nitrogens with one attached hydrogen (secondary N) is 1. The molecule has 1 unspecified atom stereocenters. The Morgan fingerprint density at radius 3 is 2.70 bits per heavy atom. The lowest BCUT2D eigenvalue weighted by atomic mass is 9.79. The number of hydrogen-bond acceptors (Lipinski definition) is 5. The number of nitrogens with zero attached hydrogens (tertiary/aromatic N) is 4. The molecule has 47 heavy (non-hydrogen) atoms. The quantitative estimate of drug-likeness (QED) is 0.211. The molecule has 6 aliphatic rings. The molecule has 1 amide bonds. The van der Waals surface area contributed by atoms with Crippen molar-refractivity contribution >= 4 is 50.9 Å². The van der Waals surface area contributed by atoms with E-state index in [9.17, 15) is 15.2 Å². The molecule has 3 saturated carbocycles. The van der Waals surface area contributed by atoms with Crippen molar-refractivity contribution < 1.29 is 18.7 Å². The Morgan fingerprint density at radius 1 is 1.21 bits per heavy atom. The van der Waals surface area contributed by atoms with Crippen LogP contribution in [-0.4, -0.2) is 49.8 Å². The van der Waals surface area contributed by atoms with Crippen molar-refractivity contribution in [1.29, 1.82) is 5.26 Å². The molecular weight excluding hydrogens is 643 g/mol. The first-order valence-electron chi connectivity index (χ1n) is 16.6. The summed E-state index contributed by atoms with van der Waals surface area (Å²) in [4.78, 5) is 20.3. The number of aromatic nitrogens is 2. The van der Waals surface area contributed by atoms with Crippen LogP contribution < -0.4 is 5.32 Å². The molecule has 4 aromatic rings. The summed E-state index contributed by atoms with van der Waals surface area (Å²) in [5, 5.41) is 26.0. The molecule has 5 heterocycles. The molecule has 0 radical (unpaired) electrons. The summed E-state index contributed by atoms with van der Waals surface area (Å²) in [5.41, 5.74) is 1.54. The highest BCUT2D eigenvalue weighted by molar-refractivity contribution is 6.43. The number of rotatable bonds is 7. The normalized spacial score (nSPS) is 28.7. The molecule has 6 fully saturated rings. The van der Waals surface area contributed by atoms with Gasteiger partial charge in [0.15, 0.2) is 11.5 Å². The number of aryl methyl sites for hydroxylation is 1. The summed E-state index contributed by atoms with van der Waals surface area (Å²) in [6.45, 7) is 2.47. The highest BCUT2D eigenvalue weighted by Gasteiger charge is 2.62. The SMILES string of the molecule is CC(O)c1nc2c(F)c(-c3cccc(Cl)c3Cl)c(CCC#N)cc2c2c1cc([C@H]1C[C@H]3C[C@H]3N1C(=O)C1(F)CC1)n2[C@H]1[C@H]2CN[C@@H]1C2. The van der Waals surface area contributed by atoms with Crippen molar-refractivity contribution in [2.24, 2.45) is 11.8 Å². The van der Waals surface area contributed by atoms with Crippen LogP contribution in [0.15, 0.2) is 30.3 Å². The first kappa shape index (κ1) is 29.8. The van der Waals surface area contributed by atoms with E-state index < -0.39 is 23.5 Å². The third-order valence-corrected chi connectivity index (χ3v) is 12.2. The van der Waals surface area contributed by atoms with Gasteiger partial charge in [-0.2, -0.15) is 5.26 Å². The van der Waals surface area contributed by atoms with E-state index in [0.717, 1.165) is 37.0 Å². The van der Waals surface area contributed by atoms with E-state index in [1.165, 1.54) is 0 Å². The molecule has 2 aromatic carbocycles. The van der Waals surface area contributed by atoms with Crippen molar-refractivity contribution in [3.63, 3.8) is 0 Å². The van der Waals surface area contributed by atoms with Gasteiger partial charge in [-0.15, -0.1) is 0 Å². The minimum atomic E-state index is -1.78. The van der Waals surface area contributed by atoms with Gasteiger partial charge in [0.25, 0.3) is 5.91 Å². The summed E-state index contributed by atoms with van der Waals surface area (Å²) in [5.74, 6) is -0.332. The van der Waals surface area contributed by atoms with E-state index in [4.69, 9.17) is 28.2 Å². The molecule has 3 aliphatic carbocycles. The van der Waals surface area contributed by atoms with Crippen molar-refractivity contribution in [3.05, 3.63) is 63.1 Å². The zero-order valence-corrected chi connectivity index (χ0v) is 27.3. The van der Waals surface area contributed by atoms with Gasteiger partial charge >= 0.3 is 0 Å². The zero-order chi connectivity index (χ0) is 32.5. The Kier molecular flexibility index (Phi) is 6.57. The van der Waals surface area contributed by atoms with Crippen LogP contribution in [0.5, 0.6) is 0 Å². The Balaban J connectivity index is 1.35. The monoisotopic (exact) mass is 675 g/mol. The maximum atomic E-state index is 17.1. The highest BCUT2D eigenvalue weighted by atomic mass is 35.5. The summed E-state index contributed by atoms with van der Waals surface area (Å²) >= 11 is 13.0. The minimum absolute atomic E-state index is 0.0366. The van der Waals surface area contributed by atoms with Crippen molar-refractivity contribution in [3.8, 4) is 17.2 Å². The average molecular weight is 677 g/mol. The number of amides is 1. The standard InChI is InChI=1S/C36H33Cl2F2N5O2/c1-16(46)31-22-14-27(26-13-18-12-25(18)44(26)35(47)36(40)7-8-36)45(33-19-11-24(33)42-15-19)34(22)21-10-17(4-3-9-41)28(30(39)32(21)43-31)20-5-2-6-23(37)29(20)38/h2,5-6,10,14,16,18-19,24-26,33,42,46H,3-4,7-8,11-13,15H2,1H3/t16?,18-,19-,24-,25-,26-,33+/m1/s1. The summed E-state index contributed by atoms with van der Waals surface area (Å²) < 4.78 is 34.8. The predicted molar refractivity (Wildman–Crippen MR) is 175 cm³/mol. The van der Waals surface area contributed by atoms with Gasteiger partial charge in [0.1, 0.15) is 5.52 Å². The summed E-state index contributed by atoms with van der Waals surface area (Å²) in [6.07, 6.45) is 2.58. The number of piperidine rings is 1. The number of aliphatic hydroxyl groups is 1. The van der Waals surface area contributed by atoms with Gasteiger partial charge in [-0.25, -0.2) is 13.8 Å². The van der Waals surface area contributed by atoms with Crippen molar-refractivity contribution in [2.45, 2.75) is 87.8 Å². The van der Waals surface area contributed by atoms with Crippen LogP contribution in [0.2, 0.25) is 10.0 Å². The lowest BCUT2D eigenvalue weighted by Gasteiger charge is -2.40. The number of carbonyl (C=O) groups is 1. The third-order valence-electron chi connectivity index (χ3n) is 11.4.